The summed E-state index contributed by atoms with van der Waals surface area (Å²) in [6.07, 6.45) is 4.75. The van der Waals surface area contributed by atoms with Crippen LogP contribution in [0.25, 0.3) is 16.8 Å². The Morgan fingerprint density at radius 3 is 2.79 bits per heavy atom. The number of rotatable bonds is 3. The zero-order chi connectivity index (χ0) is 13.8. The predicted molar refractivity (Wildman–Crippen MR) is 71.2 cm³/mol. The molecule has 0 fully saturated rings. The van der Waals surface area contributed by atoms with Crippen LogP contribution in [-0.2, 0) is 9.59 Å². The summed E-state index contributed by atoms with van der Waals surface area (Å²) < 4.78 is 0. The number of aliphatic carboxylic acids is 1. The first-order chi connectivity index (χ1) is 9.08. The van der Waals surface area contributed by atoms with Gasteiger partial charge in [-0.2, -0.15) is 0 Å². The van der Waals surface area contributed by atoms with Crippen molar-refractivity contribution in [3.05, 3.63) is 47.9 Å². The minimum absolute atomic E-state index is 0.163. The maximum Gasteiger partial charge on any atom is 0.352 e. The van der Waals surface area contributed by atoms with E-state index in [-0.39, 0.29) is 5.70 Å². The summed E-state index contributed by atoms with van der Waals surface area (Å²) in [6.45, 7) is 1.27. The molecule has 1 aromatic carbocycles. The monoisotopic (exact) mass is 256 g/mol. The number of hydrogen-bond donors (Lipinski definition) is 2. The second kappa shape index (κ2) is 5.30. The van der Waals surface area contributed by atoms with Gasteiger partial charge in [-0.1, -0.05) is 18.2 Å². The fraction of sp³-hybridized carbons (Fsp3) is 0.0714. The highest BCUT2D eigenvalue weighted by atomic mass is 16.4. The minimum Gasteiger partial charge on any atom is -0.477 e. The molecule has 0 aliphatic rings. The van der Waals surface area contributed by atoms with Gasteiger partial charge in [-0.25, -0.2) is 4.79 Å². The molecule has 0 radical (unpaired) electrons. The van der Waals surface area contributed by atoms with Crippen molar-refractivity contribution in [2.75, 3.05) is 0 Å². The zero-order valence-electron chi connectivity index (χ0n) is 10.3. The van der Waals surface area contributed by atoms with Gasteiger partial charge in [0.25, 0.3) is 0 Å². The molecule has 2 N–H and O–H groups in total. The number of hydrogen-bond acceptors (Lipinski definition) is 3. The van der Waals surface area contributed by atoms with E-state index in [4.69, 9.17) is 5.11 Å². The summed E-state index contributed by atoms with van der Waals surface area (Å²) >= 11 is 0. The zero-order valence-corrected chi connectivity index (χ0v) is 10.3. The number of carbonyl (C=O) groups excluding carboxylic acids is 1. The highest BCUT2D eigenvalue weighted by Gasteiger charge is 2.09. The summed E-state index contributed by atoms with van der Waals surface area (Å²) in [7, 11) is 0. The van der Waals surface area contributed by atoms with E-state index in [1.807, 2.05) is 18.2 Å². The minimum atomic E-state index is -1.18. The fourth-order valence-corrected chi connectivity index (χ4v) is 1.76. The second-order valence-corrected chi connectivity index (χ2v) is 3.99. The van der Waals surface area contributed by atoms with E-state index in [1.54, 1.807) is 18.5 Å². The Kier molecular flexibility index (Phi) is 3.56. The molecular formula is C14H12N2O3. The van der Waals surface area contributed by atoms with Crippen LogP contribution in [0, 0.1) is 0 Å². The molecule has 0 aliphatic carbocycles. The van der Waals surface area contributed by atoms with Crippen LogP contribution in [0.2, 0.25) is 0 Å². The standard InChI is InChI=1S/C14H12N2O3/c1-9(17)16-13(14(18)19)7-11-4-2-3-10-5-6-15-8-12(10)11/h2-8H,1H3,(H,16,17)(H,18,19)/b13-7+. The Labute approximate surface area is 109 Å². The number of carboxylic acids is 1. The molecule has 1 amide bonds. The van der Waals surface area contributed by atoms with Gasteiger partial charge in [0.15, 0.2) is 0 Å². The number of amides is 1. The molecule has 0 bridgehead atoms. The Morgan fingerprint density at radius 1 is 1.32 bits per heavy atom. The lowest BCUT2D eigenvalue weighted by Crippen LogP contribution is -2.24. The Bertz CT molecular complexity index is 672. The highest BCUT2D eigenvalue weighted by molar-refractivity contribution is 5.99. The highest BCUT2D eigenvalue weighted by Crippen LogP contribution is 2.19. The molecule has 5 nitrogen and oxygen atoms in total. The molecule has 1 aromatic heterocycles. The SMILES string of the molecule is CC(=O)N/C(=C/c1cccc2ccncc12)C(=O)O. The quantitative estimate of drug-likeness (QED) is 0.821. The lowest BCUT2D eigenvalue weighted by atomic mass is 10.1. The molecule has 0 saturated carbocycles. The van der Waals surface area contributed by atoms with Crippen LogP contribution in [-0.4, -0.2) is 22.0 Å². The van der Waals surface area contributed by atoms with E-state index in [2.05, 4.69) is 10.3 Å². The third kappa shape index (κ3) is 2.95. The molecule has 5 heteroatoms. The number of pyridine rings is 1. The van der Waals surface area contributed by atoms with Crippen molar-refractivity contribution in [2.24, 2.45) is 0 Å². The first kappa shape index (κ1) is 12.8. The smallest absolute Gasteiger partial charge is 0.352 e. The number of nitrogens with one attached hydrogen (secondary N) is 1. The van der Waals surface area contributed by atoms with Gasteiger partial charge in [0.1, 0.15) is 5.70 Å². The van der Waals surface area contributed by atoms with Gasteiger partial charge < -0.3 is 10.4 Å². The number of aromatic nitrogens is 1. The number of nitrogens with zero attached hydrogens (tertiary/aromatic N) is 1. The van der Waals surface area contributed by atoms with E-state index in [0.29, 0.717) is 5.56 Å². The lowest BCUT2D eigenvalue weighted by molar-refractivity contribution is -0.134. The van der Waals surface area contributed by atoms with Crippen LogP contribution in [0.15, 0.2) is 42.4 Å². The van der Waals surface area contributed by atoms with Gasteiger partial charge in [0, 0.05) is 24.7 Å². The topological polar surface area (TPSA) is 79.3 Å². The summed E-state index contributed by atoms with van der Waals surface area (Å²) in [5, 5.41) is 13.1. The molecule has 19 heavy (non-hydrogen) atoms. The first-order valence-electron chi connectivity index (χ1n) is 5.63. The normalized spacial score (nSPS) is 11.3. The van der Waals surface area contributed by atoms with Crippen molar-refractivity contribution >= 4 is 28.7 Å². The molecular weight excluding hydrogens is 244 g/mol. The number of carboxylic acid groups (broad SMARTS) is 1. The molecule has 2 rings (SSSR count). The summed E-state index contributed by atoms with van der Waals surface area (Å²) in [5.41, 5.74) is 0.528. The van der Waals surface area contributed by atoms with Crippen molar-refractivity contribution < 1.29 is 14.7 Å². The van der Waals surface area contributed by atoms with Gasteiger partial charge in [-0.3, -0.25) is 9.78 Å². The van der Waals surface area contributed by atoms with Crippen molar-refractivity contribution in [3.8, 4) is 0 Å². The van der Waals surface area contributed by atoms with Gasteiger partial charge in [-0.05, 0) is 23.1 Å². The molecule has 0 spiro atoms. The number of fused-ring (bicyclic) bond motifs is 1. The maximum atomic E-state index is 11.1. The van der Waals surface area contributed by atoms with Crippen molar-refractivity contribution in [1.82, 2.24) is 10.3 Å². The van der Waals surface area contributed by atoms with Crippen molar-refractivity contribution in [1.29, 1.82) is 0 Å². The van der Waals surface area contributed by atoms with Crippen LogP contribution in [0.5, 0.6) is 0 Å². The summed E-state index contributed by atoms with van der Waals surface area (Å²) in [4.78, 5) is 26.1. The molecule has 96 valence electrons. The van der Waals surface area contributed by atoms with Crippen molar-refractivity contribution in [3.63, 3.8) is 0 Å². The Balaban J connectivity index is 2.54. The summed E-state index contributed by atoms with van der Waals surface area (Å²) in [5.74, 6) is -1.61. The fourth-order valence-electron chi connectivity index (χ4n) is 1.76. The molecule has 0 atom stereocenters. The maximum absolute atomic E-state index is 11.1. The number of carbonyl (C=O) groups is 2. The third-order valence-electron chi connectivity index (χ3n) is 2.56. The Morgan fingerprint density at radius 2 is 2.11 bits per heavy atom. The number of benzene rings is 1. The summed E-state index contributed by atoms with van der Waals surface area (Å²) in [6, 6.07) is 7.34. The second-order valence-electron chi connectivity index (χ2n) is 3.99. The Hall–Kier alpha value is -2.69. The average Bonchev–Trinajstić information content (AvgIpc) is 2.37. The first-order valence-corrected chi connectivity index (χ1v) is 5.63. The van der Waals surface area contributed by atoms with Crippen LogP contribution in [0.4, 0.5) is 0 Å². The van der Waals surface area contributed by atoms with Gasteiger partial charge in [-0.15, -0.1) is 0 Å². The van der Waals surface area contributed by atoms with Crippen molar-refractivity contribution in [2.45, 2.75) is 6.92 Å². The van der Waals surface area contributed by atoms with Crippen LogP contribution >= 0.6 is 0 Å². The molecule has 0 unspecified atom stereocenters. The molecule has 0 aliphatic heterocycles. The van der Waals surface area contributed by atoms with E-state index in [9.17, 15) is 9.59 Å². The lowest BCUT2D eigenvalue weighted by Gasteiger charge is -2.05. The third-order valence-corrected chi connectivity index (χ3v) is 2.56. The van der Waals surface area contributed by atoms with Gasteiger partial charge >= 0.3 is 5.97 Å². The van der Waals surface area contributed by atoms with Crippen LogP contribution < -0.4 is 5.32 Å². The van der Waals surface area contributed by atoms with Crippen LogP contribution in [0.1, 0.15) is 12.5 Å². The van der Waals surface area contributed by atoms with Gasteiger partial charge in [0.2, 0.25) is 5.91 Å². The van der Waals surface area contributed by atoms with E-state index < -0.39 is 11.9 Å². The van der Waals surface area contributed by atoms with E-state index in [0.717, 1.165) is 10.8 Å². The van der Waals surface area contributed by atoms with Crippen LogP contribution in [0.3, 0.4) is 0 Å². The van der Waals surface area contributed by atoms with E-state index in [1.165, 1.54) is 13.0 Å². The molecule has 1 heterocycles. The average molecular weight is 256 g/mol. The van der Waals surface area contributed by atoms with Gasteiger partial charge in [0.05, 0.1) is 0 Å². The van der Waals surface area contributed by atoms with E-state index >= 15 is 0 Å². The molecule has 0 saturated heterocycles. The molecule has 2 aromatic rings. The predicted octanol–water partition coefficient (Wildman–Crippen LogP) is 1.80. The largest absolute Gasteiger partial charge is 0.477 e.